The minimum absolute atomic E-state index is 0.00957. The molecule has 0 heterocycles. The largest absolute Gasteiger partial charge is 0.481 e. The maximum atomic E-state index is 13.0. The Kier molecular flexibility index (Phi) is 6.06. The third kappa shape index (κ3) is 4.41. The molecule has 1 aliphatic carbocycles. The second-order valence-electron chi connectivity index (χ2n) is 8.64. The van der Waals surface area contributed by atoms with Crippen LogP contribution in [-0.2, 0) is 22.5 Å². The Morgan fingerprint density at radius 3 is 2.00 bits per heavy atom. The van der Waals surface area contributed by atoms with Gasteiger partial charge in [-0.2, -0.15) is 0 Å². The van der Waals surface area contributed by atoms with Gasteiger partial charge in [0, 0.05) is 6.54 Å². The minimum atomic E-state index is -0.851. The predicted octanol–water partition coefficient (Wildman–Crippen LogP) is 6.32. The Bertz CT molecular complexity index is 1350. The molecule has 0 saturated carbocycles. The number of hydrogen-bond acceptors (Lipinski definition) is 3. The van der Waals surface area contributed by atoms with Gasteiger partial charge in [0.2, 0.25) is 0 Å². The molecule has 5 nitrogen and oxygen atoms in total. The van der Waals surface area contributed by atoms with E-state index in [1.165, 1.54) is 7.11 Å². The van der Waals surface area contributed by atoms with Crippen molar-refractivity contribution >= 4 is 12.1 Å². The molecule has 0 unspecified atom stereocenters. The number of fused-ring (bicyclic) bond motifs is 3. The molecule has 35 heavy (non-hydrogen) atoms. The number of carbonyl (C=O) groups excluding carboxylic acids is 1. The summed E-state index contributed by atoms with van der Waals surface area (Å²) in [4.78, 5) is 25.8. The lowest BCUT2D eigenvalue weighted by molar-refractivity contribution is -0.136. The molecule has 5 heteroatoms. The van der Waals surface area contributed by atoms with Crippen LogP contribution in [0, 0.1) is 0 Å². The van der Waals surface area contributed by atoms with Gasteiger partial charge in [-0.3, -0.25) is 9.69 Å². The third-order valence-corrected chi connectivity index (χ3v) is 6.44. The molecule has 0 fully saturated rings. The molecular formula is C30H25NO4. The maximum absolute atomic E-state index is 13.0. The molecule has 1 N–H and O–H groups in total. The molecule has 0 saturated heterocycles. The van der Waals surface area contributed by atoms with Gasteiger partial charge in [0.15, 0.2) is 0 Å². The van der Waals surface area contributed by atoms with Crippen molar-refractivity contribution in [2.45, 2.75) is 19.0 Å². The number of aliphatic carboxylic acids is 1. The highest BCUT2D eigenvalue weighted by Gasteiger charge is 2.35. The van der Waals surface area contributed by atoms with Gasteiger partial charge in [-0.05, 0) is 44.5 Å². The standard InChI is InChI=1S/C30H25NO4/c1-35-30(34)31(29-26-11-4-2-9-24(26)25-10-3-5-12-27(25)29)19-20-13-15-22(16-14-20)23-8-6-7-21(17-23)18-28(32)33/h2-17,29H,18-19H2,1H3,(H,32,33). The molecule has 1 aliphatic rings. The van der Waals surface area contributed by atoms with Crippen LogP contribution in [0.15, 0.2) is 97.1 Å². The van der Waals surface area contributed by atoms with Gasteiger partial charge in [0.25, 0.3) is 0 Å². The quantitative estimate of drug-likeness (QED) is 0.363. The Hall–Kier alpha value is -4.38. The number of benzene rings is 4. The fraction of sp³-hybridized carbons (Fsp3) is 0.133. The van der Waals surface area contributed by atoms with E-state index in [4.69, 9.17) is 9.84 Å². The van der Waals surface area contributed by atoms with E-state index in [2.05, 4.69) is 24.3 Å². The summed E-state index contributed by atoms with van der Waals surface area (Å²) < 4.78 is 5.20. The number of nitrogens with zero attached hydrogens (tertiary/aromatic N) is 1. The van der Waals surface area contributed by atoms with Crippen molar-refractivity contribution in [2.75, 3.05) is 7.11 Å². The van der Waals surface area contributed by atoms with Crippen LogP contribution in [0.2, 0.25) is 0 Å². The van der Waals surface area contributed by atoms with Crippen molar-refractivity contribution in [3.8, 4) is 22.3 Å². The van der Waals surface area contributed by atoms with E-state index in [0.29, 0.717) is 6.54 Å². The molecule has 1 amide bonds. The number of amides is 1. The number of rotatable bonds is 6. The summed E-state index contributed by atoms with van der Waals surface area (Å²) >= 11 is 0. The van der Waals surface area contributed by atoms with E-state index < -0.39 is 5.97 Å². The Morgan fingerprint density at radius 1 is 0.771 bits per heavy atom. The lowest BCUT2D eigenvalue weighted by Crippen LogP contribution is -2.34. The zero-order valence-corrected chi connectivity index (χ0v) is 19.3. The molecule has 0 radical (unpaired) electrons. The van der Waals surface area contributed by atoms with Crippen molar-refractivity contribution in [3.63, 3.8) is 0 Å². The first-order valence-corrected chi connectivity index (χ1v) is 11.5. The van der Waals surface area contributed by atoms with Crippen molar-refractivity contribution in [3.05, 3.63) is 119 Å². The lowest BCUT2D eigenvalue weighted by Gasteiger charge is -2.29. The van der Waals surface area contributed by atoms with Gasteiger partial charge in [0.05, 0.1) is 19.6 Å². The highest BCUT2D eigenvalue weighted by Crippen LogP contribution is 2.46. The number of methoxy groups -OCH3 is 1. The van der Waals surface area contributed by atoms with Crippen LogP contribution in [0.1, 0.15) is 28.3 Å². The second kappa shape index (κ2) is 9.47. The first-order valence-electron chi connectivity index (χ1n) is 11.5. The van der Waals surface area contributed by atoms with Gasteiger partial charge in [-0.1, -0.05) is 97.1 Å². The second-order valence-corrected chi connectivity index (χ2v) is 8.64. The van der Waals surface area contributed by atoms with E-state index in [0.717, 1.165) is 44.5 Å². The highest BCUT2D eigenvalue weighted by molar-refractivity contribution is 5.81. The van der Waals surface area contributed by atoms with Gasteiger partial charge < -0.3 is 9.84 Å². The van der Waals surface area contributed by atoms with Crippen LogP contribution >= 0.6 is 0 Å². The normalized spacial score (nSPS) is 12.0. The SMILES string of the molecule is COC(=O)N(Cc1ccc(-c2cccc(CC(=O)O)c2)cc1)C1c2ccccc2-c2ccccc21. The lowest BCUT2D eigenvalue weighted by atomic mass is 9.99. The van der Waals surface area contributed by atoms with Crippen LogP contribution in [-0.4, -0.2) is 29.2 Å². The maximum Gasteiger partial charge on any atom is 0.410 e. The van der Waals surface area contributed by atoms with Gasteiger partial charge in [-0.25, -0.2) is 4.79 Å². The zero-order chi connectivity index (χ0) is 24.4. The average molecular weight is 464 g/mol. The van der Waals surface area contributed by atoms with Gasteiger partial charge in [-0.15, -0.1) is 0 Å². The van der Waals surface area contributed by atoms with Crippen LogP contribution in [0.25, 0.3) is 22.3 Å². The molecule has 0 atom stereocenters. The van der Waals surface area contributed by atoms with E-state index in [1.807, 2.05) is 72.8 Å². The van der Waals surface area contributed by atoms with Crippen molar-refractivity contribution < 1.29 is 19.4 Å². The van der Waals surface area contributed by atoms with E-state index in [9.17, 15) is 9.59 Å². The van der Waals surface area contributed by atoms with Crippen molar-refractivity contribution in [1.82, 2.24) is 4.90 Å². The fourth-order valence-electron chi connectivity index (χ4n) is 4.88. The first kappa shape index (κ1) is 22.4. The molecule has 4 aromatic rings. The molecule has 5 rings (SSSR count). The molecular weight excluding hydrogens is 438 g/mol. The Morgan fingerprint density at radius 2 is 1.40 bits per heavy atom. The summed E-state index contributed by atoms with van der Waals surface area (Å²) in [5.74, 6) is -0.851. The van der Waals surface area contributed by atoms with Crippen molar-refractivity contribution in [1.29, 1.82) is 0 Å². The van der Waals surface area contributed by atoms with Gasteiger partial charge in [0.1, 0.15) is 0 Å². The van der Waals surface area contributed by atoms with E-state index >= 15 is 0 Å². The smallest absolute Gasteiger partial charge is 0.410 e. The molecule has 0 spiro atoms. The van der Waals surface area contributed by atoms with E-state index in [1.54, 1.807) is 4.90 Å². The minimum Gasteiger partial charge on any atom is -0.481 e. The van der Waals surface area contributed by atoms with E-state index in [-0.39, 0.29) is 18.6 Å². The summed E-state index contributed by atoms with van der Waals surface area (Å²) in [6.07, 6.45) is -0.392. The molecule has 0 aliphatic heterocycles. The monoisotopic (exact) mass is 463 g/mol. The summed E-state index contributed by atoms with van der Waals surface area (Å²) in [7, 11) is 1.41. The molecule has 0 aromatic heterocycles. The van der Waals surface area contributed by atoms with Crippen molar-refractivity contribution in [2.24, 2.45) is 0 Å². The van der Waals surface area contributed by atoms with Crippen LogP contribution in [0.5, 0.6) is 0 Å². The predicted molar refractivity (Wildman–Crippen MR) is 135 cm³/mol. The highest BCUT2D eigenvalue weighted by atomic mass is 16.5. The van der Waals surface area contributed by atoms with Gasteiger partial charge >= 0.3 is 12.1 Å². The third-order valence-electron chi connectivity index (χ3n) is 6.44. The average Bonchev–Trinajstić information content (AvgIpc) is 3.21. The van der Waals surface area contributed by atoms with Crippen LogP contribution < -0.4 is 0 Å². The summed E-state index contributed by atoms with van der Waals surface area (Å²) in [6.45, 7) is 0.388. The molecule has 4 aromatic carbocycles. The molecule has 174 valence electrons. The zero-order valence-electron chi connectivity index (χ0n) is 19.3. The number of carboxylic acid groups (broad SMARTS) is 1. The number of carboxylic acids is 1. The Balaban J connectivity index is 1.45. The molecule has 0 bridgehead atoms. The topological polar surface area (TPSA) is 66.8 Å². The fourth-order valence-corrected chi connectivity index (χ4v) is 4.88. The number of carbonyl (C=O) groups is 2. The summed E-state index contributed by atoms with van der Waals surface area (Å²) in [5.41, 5.74) is 8.13. The number of hydrogen-bond donors (Lipinski definition) is 1. The number of ether oxygens (including phenoxy) is 1. The first-order chi connectivity index (χ1) is 17.0. The Labute approximate surface area is 204 Å². The summed E-state index contributed by atoms with van der Waals surface area (Å²) in [6, 6.07) is 31.7. The summed E-state index contributed by atoms with van der Waals surface area (Å²) in [5, 5.41) is 9.08. The van der Waals surface area contributed by atoms with Crippen LogP contribution in [0.4, 0.5) is 4.79 Å². The van der Waals surface area contributed by atoms with Crippen LogP contribution in [0.3, 0.4) is 0 Å².